The zero-order chi connectivity index (χ0) is 11.3. The number of nitrogens with one attached hydrogen (secondary N) is 1. The van der Waals surface area contributed by atoms with Crippen molar-refractivity contribution in [2.45, 2.75) is 65.0 Å². The lowest BCUT2D eigenvalue weighted by Gasteiger charge is -2.33. The van der Waals surface area contributed by atoms with Crippen molar-refractivity contribution < 1.29 is 5.11 Å². The first kappa shape index (κ1) is 13.0. The van der Waals surface area contributed by atoms with Gasteiger partial charge in [0.2, 0.25) is 0 Å². The van der Waals surface area contributed by atoms with Crippen molar-refractivity contribution in [2.75, 3.05) is 6.61 Å². The van der Waals surface area contributed by atoms with E-state index in [2.05, 4.69) is 26.1 Å². The molecule has 1 fully saturated rings. The second kappa shape index (κ2) is 6.49. The largest absolute Gasteiger partial charge is 0.395 e. The van der Waals surface area contributed by atoms with E-state index in [4.69, 9.17) is 0 Å². The van der Waals surface area contributed by atoms with Crippen LogP contribution in [0.3, 0.4) is 0 Å². The van der Waals surface area contributed by atoms with Crippen molar-refractivity contribution in [3.63, 3.8) is 0 Å². The van der Waals surface area contributed by atoms with E-state index < -0.39 is 0 Å². The predicted octanol–water partition coefficient (Wildman–Crippen LogP) is 2.56. The fraction of sp³-hybridized carbons (Fsp3) is 1.00. The van der Waals surface area contributed by atoms with Gasteiger partial charge in [-0.15, -0.1) is 0 Å². The molecule has 0 radical (unpaired) electrons. The summed E-state index contributed by atoms with van der Waals surface area (Å²) in [6, 6.07) is 0.935. The Morgan fingerprint density at radius 2 is 1.93 bits per heavy atom. The fourth-order valence-electron chi connectivity index (χ4n) is 2.63. The Labute approximate surface area is 94.5 Å². The Bertz CT molecular complexity index is 170. The predicted molar refractivity (Wildman–Crippen MR) is 64.9 cm³/mol. The Morgan fingerprint density at radius 3 is 2.47 bits per heavy atom. The first-order valence-electron chi connectivity index (χ1n) is 6.50. The van der Waals surface area contributed by atoms with Crippen molar-refractivity contribution in [3.8, 4) is 0 Å². The zero-order valence-corrected chi connectivity index (χ0v) is 10.5. The van der Waals surface area contributed by atoms with Gasteiger partial charge in [0.1, 0.15) is 0 Å². The summed E-state index contributed by atoms with van der Waals surface area (Å²) in [5.41, 5.74) is 0. The van der Waals surface area contributed by atoms with Crippen LogP contribution in [0, 0.1) is 11.8 Å². The molecule has 1 aliphatic carbocycles. The van der Waals surface area contributed by atoms with E-state index in [1.165, 1.54) is 25.7 Å². The highest BCUT2D eigenvalue weighted by Crippen LogP contribution is 2.24. The fourth-order valence-corrected chi connectivity index (χ4v) is 2.63. The van der Waals surface area contributed by atoms with Crippen LogP contribution < -0.4 is 5.32 Å². The molecule has 0 aromatic heterocycles. The number of hydrogen-bond donors (Lipinski definition) is 2. The van der Waals surface area contributed by atoms with E-state index in [-0.39, 0.29) is 6.61 Å². The summed E-state index contributed by atoms with van der Waals surface area (Å²) in [4.78, 5) is 0. The van der Waals surface area contributed by atoms with Crippen LogP contribution in [0.15, 0.2) is 0 Å². The second-order valence-electron chi connectivity index (χ2n) is 5.54. The molecule has 1 saturated carbocycles. The highest BCUT2D eigenvalue weighted by molar-refractivity contribution is 4.81. The molecule has 0 saturated heterocycles. The van der Waals surface area contributed by atoms with Gasteiger partial charge in [0.05, 0.1) is 6.61 Å². The summed E-state index contributed by atoms with van der Waals surface area (Å²) in [7, 11) is 0. The average Bonchev–Trinajstić information content (AvgIpc) is 2.19. The van der Waals surface area contributed by atoms with E-state index >= 15 is 0 Å². The quantitative estimate of drug-likeness (QED) is 0.735. The van der Waals surface area contributed by atoms with Crippen molar-refractivity contribution in [3.05, 3.63) is 0 Å². The molecule has 0 unspecified atom stereocenters. The number of rotatable bonds is 5. The Morgan fingerprint density at radius 1 is 1.27 bits per heavy atom. The molecule has 0 aromatic carbocycles. The van der Waals surface area contributed by atoms with Crippen LogP contribution in [-0.4, -0.2) is 23.8 Å². The van der Waals surface area contributed by atoms with Crippen LogP contribution in [-0.2, 0) is 0 Å². The van der Waals surface area contributed by atoms with Crippen LogP contribution >= 0.6 is 0 Å². The van der Waals surface area contributed by atoms with Gasteiger partial charge in [-0.05, 0) is 31.1 Å². The number of aliphatic hydroxyl groups is 1. The molecule has 2 nitrogen and oxygen atoms in total. The van der Waals surface area contributed by atoms with E-state index in [0.717, 1.165) is 12.3 Å². The Hall–Kier alpha value is -0.0800. The van der Waals surface area contributed by atoms with Crippen LogP contribution in [0.2, 0.25) is 0 Å². The number of aliphatic hydroxyl groups excluding tert-OH is 1. The highest BCUT2D eigenvalue weighted by Gasteiger charge is 2.23. The van der Waals surface area contributed by atoms with Crippen molar-refractivity contribution >= 4 is 0 Å². The van der Waals surface area contributed by atoms with Crippen LogP contribution in [0.4, 0.5) is 0 Å². The Kier molecular flexibility index (Phi) is 5.62. The van der Waals surface area contributed by atoms with Crippen LogP contribution in [0.5, 0.6) is 0 Å². The third-order valence-electron chi connectivity index (χ3n) is 3.54. The summed E-state index contributed by atoms with van der Waals surface area (Å²) in [6.07, 6.45) is 6.45. The lowest BCUT2D eigenvalue weighted by atomic mass is 9.85. The normalized spacial score (nSPS) is 29.4. The molecular weight excluding hydrogens is 186 g/mol. The van der Waals surface area contributed by atoms with Gasteiger partial charge in [-0.3, -0.25) is 0 Å². The van der Waals surface area contributed by atoms with Crippen LogP contribution in [0.25, 0.3) is 0 Å². The topological polar surface area (TPSA) is 32.3 Å². The third kappa shape index (κ3) is 4.52. The molecule has 2 N–H and O–H groups in total. The molecule has 0 spiro atoms. The zero-order valence-electron chi connectivity index (χ0n) is 10.5. The maximum Gasteiger partial charge on any atom is 0.0584 e. The number of hydrogen-bond acceptors (Lipinski definition) is 2. The molecule has 90 valence electrons. The van der Waals surface area contributed by atoms with Gasteiger partial charge in [-0.1, -0.05) is 33.6 Å². The monoisotopic (exact) mass is 213 g/mol. The minimum absolute atomic E-state index is 0.279. The highest BCUT2D eigenvalue weighted by atomic mass is 16.3. The second-order valence-corrected chi connectivity index (χ2v) is 5.54. The lowest BCUT2D eigenvalue weighted by Crippen LogP contribution is -2.45. The molecule has 1 aliphatic rings. The van der Waals surface area contributed by atoms with E-state index in [1.807, 2.05) is 0 Å². The molecule has 0 bridgehead atoms. The first-order chi connectivity index (χ1) is 7.13. The molecule has 0 aromatic rings. The molecular formula is C13H27NO. The Balaban J connectivity index is 2.35. The summed E-state index contributed by atoms with van der Waals surface area (Å²) >= 11 is 0. The van der Waals surface area contributed by atoms with Gasteiger partial charge in [0.15, 0.2) is 0 Å². The van der Waals surface area contributed by atoms with Gasteiger partial charge < -0.3 is 10.4 Å². The minimum atomic E-state index is 0.279. The molecule has 0 heterocycles. The molecule has 0 aliphatic heterocycles. The molecule has 2 heteroatoms. The standard InChI is InChI=1S/C13H27NO/c1-10(2)8-12(9-15)14-13-7-5-4-6-11(13)3/h10-15H,4-9H2,1-3H3/t11-,12+,13+/m0/s1. The lowest BCUT2D eigenvalue weighted by molar-refractivity contribution is 0.181. The maximum atomic E-state index is 9.33. The molecule has 1 rings (SSSR count). The molecule has 3 atom stereocenters. The summed E-state index contributed by atoms with van der Waals surface area (Å²) in [5.74, 6) is 1.44. The van der Waals surface area contributed by atoms with Crippen molar-refractivity contribution in [2.24, 2.45) is 11.8 Å². The van der Waals surface area contributed by atoms with E-state index in [1.54, 1.807) is 0 Å². The van der Waals surface area contributed by atoms with Crippen molar-refractivity contribution in [1.29, 1.82) is 0 Å². The van der Waals surface area contributed by atoms with Gasteiger partial charge >= 0.3 is 0 Å². The maximum absolute atomic E-state index is 9.33. The van der Waals surface area contributed by atoms with Crippen LogP contribution in [0.1, 0.15) is 52.9 Å². The SMILES string of the molecule is CC(C)C[C@H](CO)N[C@@H]1CCCC[C@@H]1C. The van der Waals surface area contributed by atoms with Gasteiger partial charge in [-0.2, -0.15) is 0 Å². The van der Waals surface area contributed by atoms with Crippen molar-refractivity contribution in [1.82, 2.24) is 5.32 Å². The molecule has 0 amide bonds. The van der Waals surface area contributed by atoms with Gasteiger partial charge in [-0.25, -0.2) is 0 Å². The first-order valence-corrected chi connectivity index (χ1v) is 6.50. The summed E-state index contributed by atoms with van der Waals surface area (Å²) < 4.78 is 0. The molecule has 15 heavy (non-hydrogen) atoms. The minimum Gasteiger partial charge on any atom is -0.395 e. The third-order valence-corrected chi connectivity index (χ3v) is 3.54. The smallest absolute Gasteiger partial charge is 0.0584 e. The average molecular weight is 213 g/mol. The summed E-state index contributed by atoms with van der Waals surface area (Å²) in [6.45, 7) is 7.05. The van der Waals surface area contributed by atoms with E-state index in [9.17, 15) is 5.11 Å². The van der Waals surface area contributed by atoms with Gasteiger partial charge in [0, 0.05) is 12.1 Å². The van der Waals surface area contributed by atoms with Gasteiger partial charge in [0.25, 0.3) is 0 Å². The summed E-state index contributed by atoms with van der Waals surface area (Å²) in [5, 5.41) is 13.0. The van der Waals surface area contributed by atoms with E-state index in [0.29, 0.717) is 18.0 Å².